The fourth-order valence-electron chi connectivity index (χ4n) is 1.95. The van der Waals surface area contributed by atoms with Crippen LogP contribution in [0.15, 0.2) is 40.9 Å². The Morgan fingerprint density at radius 2 is 1.90 bits per heavy atom. The summed E-state index contributed by atoms with van der Waals surface area (Å²) in [7, 11) is 0. The van der Waals surface area contributed by atoms with Crippen LogP contribution in [0.3, 0.4) is 0 Å². The molecule has 0 aliphatic carbocycles. The van der Waals surface area contributed by atoms with Crippen molar-refractivity contribution in [2.75, 3.05) is 6.79 Å². The molecule has 0 bridgehead atoms. The number of hydrogen-bond donors (Lipinski definition) is 0. The third-order valence-electron chi connectivity index (χ3n) is 2.98. The Balaban J connectivity index is 1.60. The quantitative estimate of drug-likeness (QED) is 0.842. The maximum atomic E-state index is 13.6. The SMILES string of the molecule is Fc1cc(Br)ccc1COCc1ccc2c(c1)OCO2. The van der Waals surface area contributed by atoms with Crippen molar-refractivity contribution in [2.24, 2.45) is 0 Å². The van der Waals surface area contributed by atoms with Crippen molar-refractivity contribution in [2.45, 2.75) is 13.2 Å². The molecule has 0 atom stereocenters. The van der Waals surface area contributed by atoms with Gasteiger partial charge in [-0.1, -0.05) is 28.1 Å². The zero-order chi connectivity index (χ0) is 13.9. The molecule has 0 fully saturated rings. The number of benzene rings is 2. The molecule has 3 rings (SSSR count). The highest BCUT2D eigenvalue weighted by Gasteiger charge is 2.13. The molecule has 0 saturated heterocycles. The largest absolute Gasteiger partial charge is 0.454 e. The number of ether oxygens (including phenoxy) is 3. The molecule has 2 aromatic rings. The highest BCUT2D eigenvalue weighted by atomic mass is 79.9. The molecule has 0 radical (unpaired) electrons. The van der Waals surface area contributed by atoms with Gasteiger partial charge in [-0.3, -0.25) is 0 Å². The van der Waals surface area contributed by atoms with Gasteiger partial charge in [0.2, 0.25) is 6.79 Å². The molecule has 0 unspecified atom stereocenters. The van der Waals surface area contributed by atoms with Crippen LogP contribution in [0.25, 0.3) is 0 Å². The van der Waals surface area contributed by atoms with Crippen LogP contribution in [-0.2, 0) is 18.0 Å². The summed E-state index contributed by atoms with van der Waals surface area (Å²) in [4.78, 5) is 0. The van der Waals surface area contributed by atoms with Crippen molar-refractivity contribution in [3.8, 4) is 11.5 Å². The van der Waals surface area contributed by atoms with E-state index in [1.165, 1.54) is 6.07 Å². The molecule has 1 heterocycles. The summed E-state index contributed by atoms with van der Waals surface area (Å²) in [6.45, 7) is 0.878. The minimum atomic E-state index is -0.273. The lowest BCUT2D eigenvalue weighted by Crippen LogP contribution is -1.97. The predicted molar refractivity (Wildman–Crippen MR) is 75.2 cm³/mol. The zero-order valence-electron chi connectivity index (χ0n) is 10.6. The van der Waals surface area contributed by atoms with Crippen molar-refractivity contribution in [3.05, 3.63) is 57.8 Å². The molecule has 2 aromatic carbocycles. The van der Waals surface area contributed by atoms with Gasteiger partial charge in [0.1, 0.15) is 5.82 Å². The predicted octanol–water partition coefficient (Wildman–Crippen LogP) is 4.03. The average molecular weight is 339 g/mol. The Labute approximate surface area is 124 Å². The van der Waals surface area contributed by atoms with Gasteiger partial charge in [-0.15, -0.1) is 0 Å². The number of halogens is 2. The number of hydrogen-bond acceptors (Lipinski definition) is 3. The second-order valence-corrected chi connectivity index (χ2v) is 5.33. The standard InChI is InChI=1S/C15H12BrFO3/c16-12-3-2-11(13(17)6-12)8-18-7-10-1-4-14-15(5-10)20-9-19-14/h1-6H,7-9H2. The lowest BCUT2D eigenvalue weighted by Gasteiger charge is -2.07. The third-order valence-corrected chi connectivity index (χ3v) is 3.47. The van der Waals surface area contributed by atoms with Gasteiger partial charge < -0.3 is 14.2 Å². The van der Waals surface area contributed by atoms with E-state index in [0.717, 1.165) is 21.5 Å². The Morgan fingerprint density at radius 3 is 2.75 bits per heavy atom. The van der Waals surface area contributed by atoms with Gasteiger partial charge in [0.05, 0.1) is 13.2 Å². The highest BCUT2D eigenvalue weighted by molar-refractivity contribution is 9.10. The minimum Gasteiger partial charge on any atom is -0.454 e. The maximum Gasteiger partial charge on any atom is 0.231 e. The van der Waals surface area contributed by atoms with E-state index in [1.54, 1.807) is 12.1 Å². The number of fused-ring (bicyclic) bond motifs is 1. The summed E-state index contributed by atoms with van der Waals surface area (Å²) in [5.41, 5.74) is 1.50. The molecule has 1 aliphatic heterocycles. The van der Waals surface area contributed by atoms with Crippen molar-refractivity contribution >= 4 is 15.9 Å². The minimum absolute atomic E-state index is 0.230. The first-order valence-corrected chi connectivity index (χ1v) is 6.92. The van der Waals surface area contributed by atoms with Crippen LogP contribution in [0.1, 0.15) is 11.1 Å². The molecule has 0 amide bonds. The number of rotatable bonds is 4. The summed E-state index contributed by atoms with van der Waals surface area (Å²) >= 11 is 3.22. The molecule has 0 aromatic heterocycles. The van der Waals surface area contributed by atoms with Gasteiger partial charge in [0.25, 0.3) is 0 Å². The summed E-state index contributed by atoms with van der Waals surface area (Å²) in [5, 5.41) is 0. The van der Waals surface area contributed by atoms with Crippen LogP contribution < -0.4 is 9.47 Å². The van der Waals surface area contributed by atoms with Gasteiger partial charge in [-0.25, -0.2) is 4.39 Å². The lowest BCUT2D eigenvalue weighted by molar-refractivity contribution is 0.104. The molecule has 1 aliphatic rings. The highest BCUT2D eigenvalue weighted by Crippen LogP contribution is 2.32. The fraction of sp³-hybridized carbons (Fsp3) is 0.200. The summed E-state index contributed by atoms with van der Waals surface area (Å²) in [5.74, 6) is 1.19. The van der Waals surface area contributed by atoms with Crippen molar-refractivity contribution in [1.29, 1.82) is 0 Å². The normalized spacial score (nSPS) is 12.7. The molecule has 0 N–H and O–H groups in total. The van der Waals surface area contributed by atoms with Crippen LogP contribution >= 0.6 is 15.9 Å². The lowest BCUT2D eigenvalue weighted by atomic mass is 10.2. The zero-order valence-corrected chi connectivity index (χ0v) is 12.2. The monoisotopic (exact) mass is 338 g/mol. The smallest absolute Gasteiger partial charge is 0.231 e. The average Bonchev–Trinajstić information content (AvgIpc) is 2.89. The van der Waals surface area contributed by atoms with E-state index in [4.69, 9.17) is 14.2 Å². The topological polar surface area (TPSA) is 27.7 Å². The Bertz CT molecular complexity index is 631. The first-order chi connectivity index (χ1) is 9.72. The molecule has 3 nitrogen and oxygen atoms in total. The third kappa shape index (κ3) is 2.94. The Morgan fingerprint density at radius 1 is 1.05 bits per heavy atom. The van der Waals surface area contributed by atoms with Crippen LogP contribution in [0, 0.1) is 5.82 Å². The van der Waals surface area contributed by atoms with E-state index >= 15 is 0 Å². The first-order valence-electron chi connectivity index (χ1n) is 6.12. The second-order valence-electron chi connectivity index (χ2n) is 4.42. The van der Waals surface area contributed by atoms with Crippen LogP contribution in [-0.4, -0.2) is 6.79 Å². The van der Waals surface area contributed by atoms with Gasteiger partial charge in [-0.2, -0.15) is 0 Å². The van der Waals surface area contributed by atoms with E-state index in [2.05, 4.69) is 15.9 Å². The molecule has 0 saturated carbocycles. The van der Waals surface area contributed by atoms with Crippen LogP contribution in [0.5, 0.6) is 11.5 Å². The molecule has 104 valence electrons. The van der Waals surface area contributed by atoms with E-state index < -0.39 is 0 Å². The second kappa shape index (κ2) is 5.81. The maximum absolute atomic E-state index is 13.6. The first kappa shape index (κ1) is 13.4. The van der Waals surface area contributed by atoms with Crippen molar-refractivity contribution < 1.29 is 18.6 Å². The van der Waals surface area contributed by atoms with Crippen molar-refractivity contribution in [3.63, 3.8) is 0 Å². The van der Waals surface area contributed by atoms with Crippen molar-refractivity contribution in [1.82, 2.24) is 0 Å². The Kier molecular flexibility index (Phi) is 3.89. The summed E-state index contributed by atoms with van der Waals surface area (Å²) in [6.07, 6.45) is 0. The van der Waals surface area contributed by atoms with Gasteiger partial charge >= 0.3 is 0 Å². The molecule has 0 spiro atoms. The van der Waals surface area contributed by atoms with Gasteiger partial charge in [-0.05, 0) is 29.8 Å². The van der Waals surface area contributed by atoms with E-state index in [0.29, 0.717) is 12.2 Å². The molecule has 20 heavy (non-hydrogen) atoms. The fourth-order valence-corrected chi connectivity index (χ4v) is 2.28. The van der Waals surface area contributed by atoms with Crippen LogP contribution in [0.2, 0.25) is 0 Å². The van der Waals surface area contributed by atoms with Gasteiger partial charge in [0.15, 0.2) is 11.5 Å². The molecule has 5 heteroatoms. The van der Waals surface area contributed by atoms with E-state index in [-0.39, 0.29) is 19.2 Å². The Hall–Kier alpha value is -1.59. The van der Waals surface area contributed by atoms with E-state index in [9.17, 15) is 4.39 Å². The summed E-state index contributed by atoms with van der Waals surface area (Å²) in [6, 6.07) is 10.6. The molecular weight excluding hydrogens is 327 g/mol. The van der Waals surface area contributed by atoms with Gasteiger partial charge in [0, 0.05) is 10.0 Å². The van der Waals surface area contributed by atoms with Crippen LogP contribution in [0.4, 0.5) is 4.39 Å². The van der Waals surface area contributed by atoms with E-state index in [1.807, 2.05) is 18.2 Å². The molecular formula is C15H12BrFO3. The summed E-state index contributed by atoms with van der Waals surface area (Å²) < 4.78 is 30.4.